The van der Waals surface area contributed by atoms with Crippen LogP contribution in [0.5, 0.6) is 0 Å². The van der Waals surface area contributed by atoms with E-state index < -0.39 is 0 Å². The predicted octanol–water partition coefficient (Wildman–Crippen LogP) is 2.25. The summed E-state index contributed by atoms with van der Waals surface area (Å²) >= 11 is 1.88. The lowest BCUT2D eigenvalue weighted by Crippen LogP contribution is -2.54. The van der Waals surface area contributed by atoms with E-state index in [4.69, 9.17) is 4.74 Å². The van der Waals surface area contributed by atoms with Crippen molar-refractivity contribution in [1.82, 2.24) is 4.90 Å². The maximum atomic E-state index is 9.29. The average Bonchev–Trinajstić information content (AvgIpc) is 2.38. The van der Waals surface area contributed by atoms with E-state index in [1.165, 1.54) is 4.90 Å². The van der Waals surface area contributed by atoms with E-state index in [9.17, 15) is 5.11 Å². The van der Waals surface area contributed by atoms with Crippen molar-refractivity contribution < 1.29 is 9.84 Å². The third-order valence-electron chi connectivity index (χ3n) is 3.18. The standard InChI is InChI=1S/C15H23NO2S/c1-15(2)12-16(10-13(11-17)18-15)8-9-19-14-6-4-3-5-7-14/h3-7,13,17H,8-12H2,1-2H3. The van der Waals surface area contributed by atoms with Crippen LogP contribution in [0.2, 0.25) is 0 Å². The van der Waals surface area contributed by atoms with Crippen LogP contribution in [0.4, 0.5) is 0 Å². The van der Waals surface area contributed by atoms with Crippen LogP contribution in [-0.2, 0) is 4.74 Å². The molecule has 1 aliphatic heterocycles. The van der Waals surface area contributed by atoms with Crippen molar-refractivity contribution in [2.75, 3.05) is 32.0 Å². The van der Waals surface area contributed by atoms with Crippen molar-refractivity contribution in [2.45, 2.75) is 30.4 Å². The molecular formula is C15H23NO2S. The number of aliphatic hydroxyl groups is 1. The third-order valence-corrected chi connectivity index (χ3v) is 4.17. The first-order valence-corrected chi connectivity index (χ1v) is 7.76. The molecule has 1 heterocycles. The van der Waals surface area contributed by atoms with E-state index >= 15 is 0 Å². The summed E-state index contributed by atoms with van der Waals surface area (Å²) in [5.74, 6) is 1.07. The van der Waals surface area contributed by atoms with Gasteiger partial charge < -0.3 is 9.84 Å². The molecule has 1 saturated heterocycles. The van der Waals surface area contributed by atoms with Crippen LogP contribution in [0.15, 0.2) is 35.2 Å². The molecular weight excluding hydrogens is 258 g/mol. The summed E-state index contributed by atoms with van der Waals surface area (Å²) in [5, 5.41) is 9.29. The lowest BCUT2D eigenvalue weighted by Gasteiger charge is -2.42. The van der Waals surface area contributed by atoms with Crippen molar-refractivity contribution in [3.63, 3.8) is 0 Å². The molecule has 1 unspecified atom stereocenters. The number of hydrogen-bond donors (Lipinski definition) is 1. The van der Waals surface area contributed by atoms with Crippen molar-refractivity contribution >= 4 is 11.8 Å². The van der Waals surface area contributed by atoms with Gasteiger partial charge in [0.15, 0.2) is 0 Å². The highest BCUT2D eigenvalue weighted by molar-refractivity contribution is 7.99. The number of nitrogens with zero attached hydrogens (tertiary/aromatic N) is 1. The lowest BCUT2D eigenvalue weighted by atomic mass is 10.1. The quantitative estimate of drug-likeness (QED) is 0.839. The second kappa shape index (κ2) is 6.75. The Balaban J connectivity index is 1.79. The number of hydrogen-bond acceptors (Lipinski definition) is 4. The van der Waals surface area contributed by atoms with Crippen molar-refractivity contribution in [3.05, 3.63) is 30.3 Å². The molecule has 1 aromatic carbocycles. The predicted molar refractivity (Wildman–Crippen MR) is 79.6 cm³/mol. The maximum absolute atomic E-state index is 9.29. The van der Waals surface area contributed by atoms with Gasteiger partial charge in [-0.2, -0.15) is 0 Å². The van der Waals surface area contributed by atoms with E-state index in [-0.39, 0.29) is 18.3 Å². The molecule has 0 spiro atoms. The zero-order valence-corrected chi connectivity index (χ0v) is 12.5. The number of benzene rings is 1. The zero-order valence-electron chi connectivity index (χ0n) is 11.7. The van der Waals surface area contributed by atoms with Gasteiger partial charge in [0.2, 0.25) is 0 Å². The van der Waals surface area contributed by atoms with Crippen LogP contribution in [0.25, 0.3) is 0 Å². The van der Waals surface area contributed by atoms with E-state index in [1.54, 1.807) is 0 Å². The number of aliphatic hydroxyl groups excluding tert-OH is 1. The normalized spacial score (nSPS) is 23.4. The van der Waals surface area contributed by atoms with Crippen LogP contribution in [0.1, 0.15) is 13.8 Å². The Hall–Kier alpha value is -0.550. The molecule has 0 saturated carbocycles. The van der Waals surface area contributed by atoms with Gasteiger partial charge >= 0.3 is 0 Å². The summed E-state index contributed by atoms with van der Waals surface area (Å²) in [6.45, 7) is 7.07. The largest absolute Gasteiger partial charge is 0.394 e. The Morgan fingerprint density at radius 3 is 2.79 bits per heavy atom. The number of ether oxygens (including phenoxy) is 1. The molecule has 3 nitrogen and oxygen atoms in total. The van der Waals surface area contributed by atoms with Crippen LogP contribution < -0.4 is 0 Å². The van der Waals surface area contributed by atoms with Crippen LogP contribution >= 0.6 is 11.8 Å². The first kappa shape index (κ1) is 14.9. The van der Waals surface area contributed by atoms with Gasteiger partial charge in [0.1, 0.15) is 0 Å². The Morgan fingerprint density at radius 1 is 1.37 bits per heavy atom. The Labute approximate surface area is 120 Å². The minimum atomic E-state index is -0.164. The molecule has 0 aromatic heterocycles. The molecule has 1 aliphatic rings. The molecule has 0 aliphatic carbocycles. The zero-order chi connectivity index (χ0) is 13.7. The molecule has 2 rings (SSSR count). The Kier molecular flexibility index (Phi) is 5.28. The number of rotatable bonds is 5. The Morgan fingerprint density at radius 2 is 2.11 bits per heavy atom. The second-order valence-corrected chi connectivity index (χ2v) is 6.75. The van der Waals surface area contributed by atoms with E-state index in [2.05, 4.69) is 43.0 Å². The summed E-state index contributed by atoms with van der Waals surface area (Å²) in [7, 11) is 0. The highest BCUT2D eigenvalue weighted by Crippen LogP contribution is 2.22. The number of thioether (sulfide) groups is 1. The van der Waals surface area contributed by atoms with E-state index in [0.717, 1.165) is 25.4 Å². The van der Waals surface area contributed by atoms with Gasteiger partial charge in [-0.15, -0.1) is 11.8 Å². The molecule has 0 bridgehead atoms. The molecule has 1 fully saturated rings. The smallest absolute Gasteiger partial charge is 0.0940 e. The maximum Gasteiger partial charge on any atom is 0.0940 e. The fraction of sp³-hybridized carbons (Fsp3) is 0.600. The highest BCUT2D eigenvalue weighted by Gasteiger charge is 2.32. The minimum Gasteiger partial charge on any atom is -0.394 e. The van der Waals surface area contributed by atoms with Gasteiger partial charge in [0.05, 0.1) is 18.3 Å². The van der Waals surface area contributed by atoms with Crippen molar-refractivity contribution in [3.8, 4) is 0 Å². The van der Waals surface area contributed by atoms with E-state index in [0.29, 0.717) is 0 Å². The average molecular weight is 281 g/mol. The van der Waals surface area contributed by atoms with Crippen molar-refractivity contribution in [2.24, 2.45) is 0 Å². The first-order valence-electron chi connectivity index (χ1n) is 6.78. The van der Waals surface area contributed by atoms with Gasteiger partial charge in [0.25, 0.3) is 0 Å². The fourth-order valence-electron chi connectivity index (χ4n) is 2.49. The highest BCUT2D eigenvalue weighted by atomic mass is 32.2. The molecule has 1 N–H and O–H groups in total. The summed E-state index contributed by atoms with van der Waals surface area (Å²) in [4.78, 5) is 3.70. The molecule has 1 aromatic rings. The van der Waals surface area contributed by atoms with Crippen LogP contribution in [0.3, 0.4) is 0 Å². The topological polar surface area (TPSA) is 32.7 Å². The fourth-order valence-corrected chi connectivity index (χ4v) is 3.43. The Bertz CT molecular complexity index is 383. The SMILES string of the molecule is CC1(C)CN(CCSc2ccccc2)CC(CO)O1. The van der Waals surface area contributed by atoms with Gasteiger partial charge in [-0.05, 0) is 26.0 Å². The summed E-state index contributed by atoms with van der Waals surface area (Å²) in [6.07, 6.45) is -0.0505. The minimum absolute atomic E-state index is 0.0505. The van der Waals surface area contributed by atoms with Crippen LogP contribution in [0, 0.1) is 0 Å². The van der Waals surface area contributed by atoms with Gasteiger partial charge in [-0.25, -0.2) is 0 Å². The monoisotopic (exact) mass is 281 g/mol. The molecule has 1 atom stereocenters. The summed E-state index contributed by atoms with van der Waals surface area (Å²) in [6, 6.07) is 10.5. The van der Waals surface area contributed by atoms with Gasteiger partial charge in [0, 0.05) is 30.3 Å². The molecule has 19 heavy (non-hydrogen) atoms. The lowest BCUT2D eigenvalue weighted by molar-refractivity contribution is -0.147. The third kappa shape index (κ3) is 4.80. The van der Waals surface area contributed by atoms with Crippen LogP contribution in [-0.4, -0.2) is 53.7 Å². The van der Waals surface area contributed by atoms with E-state index in [1.807, 2.05) is 17.8 Å². The first-order chi connectivity index (χ1) is 9.09. The van der Waals surface area contributed by atoms with Crippen molar-refractivity contribution in [1.29, 1.82) is 0 Å². The molecule has 0 amide bonds. The van der Waals surface area contributed by atoms with Gasteiger partial charge in [-0.1, -0.05) is 18.2 Å². The van der Waals surface area contributed by atoms with Gasteiger partial charge in [-0.3, -0.25) is 4.90 Å². The number of morpholine rings is 1. The summed E-state index contributed by atoms with van der Waals surface area (Å²) in [5.41, 5.74) is -0.164. The molecule has 0 radical (unpaired) electrons. The molecule has 4 heteroatoms. The second-order valence-electron chi connectivity index (χ2n) is 5.58. The molecule has 106 valence electrons. The summed E-state index contributed by atoms with van der Waals surface area (Å²) < 4.78 is 5.82.